The molecule has 8 heteroatoms. The normalized spacial score (nSPS) is 11.1. The Bertz CT molecular complexity index is 1120. The van der Waals surface area contributed by atoms with Crippen molar-refractivity contribution in [1.29, 1.82) is 0 Å². The predicted octanol–water partition coefficient (Wildman–Crippen LogP) is 5.16. The van der Waals surface area contributed by atoms with Crippen LogP contribution in [-0.4, -0.2) is 20.9 Å². The number of carbonyl (C=O) groups excluding carboxylic acids is 1. The van der Waals surface area contributed by atoms with Crippen LogP contribution in [0.15, 0.2) is 77.7 Å². The van der Waals surface area contributed by atoms with E-state index >= 15 is 0 Å². The van der Waals surface area contributed by atoms with Gasteiger partial charge in [0, 0.05) is 17.3 Å². The largest absolute Gasteiger partial charge is 0.352 e. The Labute approximate surface area is 186 Å². The number of halogens is 2. The van der Waals surface area contributed by atoms with Gasteiger partial charge >= 0.3 is 0 Å². The van der Waals surface area contributed by atoms with Crippen LogP contribution in [-0.2, 0) is 16.4 Å². The van der Waals surface area contributed by atoms with Gasteiger partial charge in [0.05, 0.1) is 15.5 Å². The van der Waals surface area contributed by atoms with Crippen LogP contribution in [0.2, 0.25) is 10.0 Å². The number of carbonyl (C=O) groups is 1. The fourth-order valence-corrected chi connectivity index (χ4v) is 4.22. The Kier molecular flexibility index (Phi) is 7.37. The second-order valence-electron chi connectivity index (χ2n) is 6.60. The van der Waals surface area contributed by atoms with Crippen LogP contribution in [0, 0.1) is 0 Å². The smallest absolute Gasteiger partial charge is 0.261 e. The van der Waals surface area contributed by atoms with Gasteiger partial charge < -0.3 is 5.32 Å². The van der Waals surface area contributed by atoms with Gasteiger partial charge in [0.1, 0.15) is 0 Å². The molecule has 0 bridgehead atoms. The predicted molar refractivity (Wildman–Crippen MR) is 121 cm³/mol. The van der Waals surface area contributed by atoms with Gasteiger partial charge in [0.2, 0.25) is 0 Å². The molecule has 0 aliphatic rings. The number of anilines is 1. The van der Waals surface area contributed by atoms with Crippen molar-refractivity contribution in [3.05, 3.63) is 94.0 Å². The van der Waals surface area contributed by atoms with Crippen LogP contribution in [0.1, 0.15) is 22.3 Å². The van der Waals surface area contributed by atoms with E-state index in [1.54, 1.807) is 18.2 Å². The van der Waals surface area contributed by atoms with E-state index in [1.807, 2.05) is 24.3 Å². The molecule has 0 aromatic heterocycles. The van der Waals surface area contributed by atoms with Crippen LogP contribution in [0.3, 0.4) is 0 Å². The fourth-order valence-electron chi connectivity index (χ4n) is 2.82. The Balaban J connectivity index is 1.61. The molecule has 156 valence electrons. The van der Waals surface area contributed by atoms with Gasteiger partial charge in [-0.1, -0.05) is 53.5 Å². The molecule has 0 aliphatic heterocycles. The SMILES string of the molecule is O=C(NCCCc1ccc(Cl)cc1)c1cc(NS(=O)(=O)c2ccccc2)ccc1Cl. The maximum atomic E-state index is 12.5. The van der Waals surface area contributed by atoms with Gasteiger partial charge in [-0.15, -0.1) is 0 Å². The molecule has 0 saturated heterocycles. The number of hydrogen-bond acceptors (Lipinski definition) is 3. The molecule has 3 rings (SSSR count). The molecule has 0 atom stereocenters. The van der Waals surface area contributed by atoms with Crippen LogP contribution >= 0.6 is 23.2 Å². The summed E-state index contributed by atoms with van der Waals surface area (Å²) in [6.45, 7) is 0.456. The zero-order valence-electron chi connectivity index (χ0n) is 15.9. The number of nitrogens with one attached hydrogen (secondary N) is 2. The van der Waals surface area contributed by atoms with Gasteiger partial charge in [-0.3, -0.25) is 9.52 Å². The van der Waals surface area contributed by atoms with E-state index in [9.17, 15) is 13.2 Å². The van der Waals surface area contributed by atoms with E-state index in [-0.39, 0.29) is 27.1 Å². The zero-order valence-corrected chi connectivity index (χ0v) is 18.3. The summed E-state index contributed by atoms with van der Waals surface area (Å²) in [5, 5.41) is 3.74. The summed E-state index contributed by atoms with van der Waals surface area (Å²) in [4.78, 5) is 12.7. The second kappa shape index (κ2) is 9.98. The lowest BCUT2D eigenvalue weighted by molar-refractivity contribution is 0.0953. The maximum absolute atomic E-state index is 12.5. The van der Waals surface area contributed by atoms with Crippen molar-refractivity contribution in [3.8, 4) is 0 Å². The van der Waals surface area contributed by atoms with Crippen molar-refractivity contribution < 1.29 is 13.2 Å². The Hall–Kier alpha value is -2.54. The molecular weight excluding hydrogens is 443 g/mol. The summed E-state index contributed by atoms with van der Waals surface area (Å²) in [5.41, 5.74) is 1.59. The minimum atomic E-state index is -3.76. The molecule has 0 aliphatic carbocycles. The maximum Gasteiger partial charge on any atom is 0.261 e. The van der Waals surface area contributed by atoms with E-state index in [0.717, 1.165) is 18.4 Å². The average molecular weight is 463 g/mol. The van der Waals surface area contributed by atoms with Gasteiger partial charge in [-0.05, 0) is 60.9 Å². The lowest BCUT2D eigenvalue weighted by Gasteiger charge is -2.11. The van der Waals surface area contributed by atoms with Crippen molar-refractivity contribution in [2.45, 2.75) is 17.7 Å². The van der Waals surface area contributed by atoms with Crippen molar-refractivity contribution in [2.24, 2.45) is 0 Å². The first kappa shape index (κ1) is 22.2. The molecule has 0 fully saturated rings. The molecule has 5 nitrogen and oxygen atoms in total. The number of aryl methyl sites for hydroxylation is 1. The highest BCUT2D eigenvalue weighted by Crippen LogP contribution is 2.23. The molecule has 0 radical (unpaired) electrons. The topological polar surface area (TPSA) is 75.3 Å². The number of amides is 1. The van der Waals surface area contributed by atoms with Gasteiger partial charge in [-0.25, -0.2) is 8.42 Å². The third-order valence-electron chi connectivity index (χ3n) is 4.36. The van der Waals surface area contributed by atoms with E-state index in [2.05, 4.69) is 10.0 Å². The Morgan fingerprint density at radius 3 is 2.30 bits per heavy atom. The Morgan fingerprint density at radius 1 is 0.900 bits per heavy atom. The summed E-state index contributed by atoms with van der Waals surface area (Å²) in [7, 11) is -3.76. The van der Waals surface area contributed by atoms with Crippen molar-refractivity contribution in [3.63, 3.8) is 0 Å². The first-order valence-electron chi connectivity index (χ1n) is 9.25. The molecule has 1 amide bonds. The average Bonchev–Trinajstić information content (AvgIpc) is 2.74. The highest BCUT2D eigenvalue weighted by atomic mass is 35.5. The van der Waals surface area contributed by atoms with E-state index in [4.69, 9.17) is 23.2 Å². The molecule has 0 heterocycles. The number of sulfonamides is 1. The molecular formula is C22H20Cl2N2O3S. The zero-order chi connectivity index (χ0) is 21.6. The van der Waals surface area contributed by atoms with E-state index in [0.29, 0.717) is 11.6 Å². The lowest BCUT2D eigenvalue weighted by Crippen LogP contribution is -2.25. The van der Waals surface area contributed by atoms with E-state index < -0.39 is 10.0 Å². The van der Waals surface area contributed by atoms with Crippen LogP contribution < -0.4 is 10.0 Å². The summed E-state index contributed by atoms with van der Waals surface area (Å²) in [6.07, 6.45) is 1.54. The van der Waals surface area contributed by atoms with E-state index in [1.165, 1.54) is 30.3 Å². The third kappa shape index (κ3) is 5.98. The molecule has 0 saturated carbocycles. The van der Waals surface area contributed by atoms with Gasteiger partial charge in [0.25, 0.3) is 15.9 Å². The Morgan fingerprint density at radius 2 is 1.60 bits per heavy atom. The quantitative estimate of drug-likeness (QED) is 0.454. The fraction of sp³-hybridized carbons (Fsp3) is 0.136. The highest BCUT2D eigenvalue weighted by molar-refractivity contribution is 7.92. The molecule has 0 spiro atoms. The lowest BCUT2D eigenvalue weighted by atomic mass is 10.1. The van der Waals surface area contributed by atoms with Gasteiger partial charge in [0.15, 0.2) is 0 Å². The number of hydrogen-bond donors (Lipinski definition) is 2. The first-order valence-corrected chi connectivity index (χ1v) is 11.5. The summed E-state index contributed by atoms with van der Waals surface area (Å²) < 4.78 is 27.4. The van der Waals surface area contributed by atoms with Crippen LogP contribution in [0.25, 0.3) is 0 Å². The van der Waals surface area contributed by atoms with Crippen LogP contribution in [0.4, 0.5) is 5.69 Å². The summed E-state index contributed by atoms with van der Waals surface area (Å²) in [6, 6.07) is 20.0. The number of rotatable bonds is 8. The molecule has 2 N–H and O–H groups in total. The van der Waals surface area contributed by atoms with Crippen LogP contribution in [0.5, 0.6) is 0 Å². The third-order valence-corrected chi connectivity index (χ3v) is 6.34. The van der Waals surface area contributed by atoms with Crippen molar-refractivity contribution >= 4 is 44.8 Å². The minimum absolute atomic E-state index is 0.133. The molecule has 0 unspecified atom stereocenters. The van der Waals surface area contributed by atoms with Crippen molar-refractivity contribution in [2.75, 3.05) is 11.3 Å². The number of benzene rings is 3. The monoisotopic (exact) mass is 462 g/mol. The molecule has 30 heavy (non-hydrogen) atoms. The minimum Gasteiger partial charge on any atom is -0.352 e. The molecule has 3 aromatic rings. The summed E-state index contributed by atoms with van der Waals surface area (Å²) >= 11 is 12.0. The highest BCUT2D eigenvalue weighted by Gasteiger charge is 2.16. The summed E-state index contributed by atoms with van der Waals surface area (Å²) in [5.74, 6) is -0.364. The molecule has 3 aromatic carbocycles. The van der Waals surface area contributed by atoms with Crippen molar-refractivity contribution in [1.82, 2.24) is 5.32 Å². The standard InChI is InChI=1S/C22H20Cl2N2O3S/c23-17-10-8-16(9-11-17)5-4-14-25-22(27)20-15-18(12-13-21(20)24)26-30(28,29)19-6-2-1-3-7-19/h1-3,6-13,15,26H,4-5,14H2,(H,25,27). The first-order chi connectivity index (χ1) is 14.3. The second-order valence-corrected chi connectivity index (χ2v) is 9.13. The van der Waals surface area contributed by atoms with Gasteiger partial charge in [-0.2, -0.15) is 0 Å².